The van der Waals surface area contributed by atoms with Crippen molar-refractivity contribution in [3.63, 3.8) is 0 Å². The van der Waals surface area contributed by atoms with Crippen molar-refractivity contribution in [2.75, 3.05) is 13.1 Å². The molecule has 0 aliphatic carbocycles. The Labute approximate surface area is 92.8 Å². The van der Waals surface area contributed by atoms with Crippen LogP contribution in [0.15, 0.2) is 11.4 Å². The predicted octanol–water partition coefficient (Wildman–Crippen LogP) is 1.61. The van der Waals surface area contributed by atoms with Gasteiger partial charge in [-0.15, -0.1) is 23.7 Å². The van der Waals surface area contributed by atoms with Gasteiger partial charge in [-0.25, -0.2) is 0 Å². The molecule has 0 spiro atoms. The van der Waals surface area contributed by atoms with Gasteiger partial charge in [0.15, 0.2) is 0 Å². The van der Waals surface area contributed by atoms with Crippen LogP contribution in [0.2, 0.25) is 0 Å². The molecule has 1 N–H and O–H groups in total. The third kappa shape index (κ3) is 2.47. The maximum atomic E-state index is 10.5. The minimum absolute atomic E-state index is 0. The third-order valence-electron chi connectivity index (χ3n) is 2.25. The maximum absolute atomic E-state index is 10.5. The number of carboxylic acid groups (broad SMARTS) is 1. The minimum Gasteiger partial charge on any atom is -0.480 e. The topological polar surface area (TPSA) is 40.5 Å². The Balaban J connectivity index is 0.000000980. The van der Waals surface area contributed by atoms with E-state index in [4.69, 9.17) is 5.11 Å². The first kappa shape index (κ1) is 11.5. The molecule has 0 fully saturated rings. The first-order valence-corrected chi connectivity index (χ1v) is 5.13. The van der Waals surface area contributed by atoms with E-state index in [2.05, 4.69) is 11.4 Å². The molecule has 14 heavy (non-hydrogen) atoms. The molecular formula is C9H12ClNO2S. The van der Waals surface area contributed by atoms with Crippen LogP contribution in [0.4, 0.5) is 0 Å². The van der Waals surface area contributed by atoms with E-state index in [9.17, 15) is 4.79 Å². The molecule has 3 nitrogen and oxygen atoms in total. The van der Waals surface area contributed by atoms with Crippen molar-refractivity contribution in [2.45, 2.75) is 13.0 Å². The van der Waals surface area contributed by atoms with Crippen molar-refractivity contribution in [1.82, 2.24) is 4.90 Å². The van der Waals surface area contributed by atoms with Crippen LogP contribution >= 0.6 is 23.7 Å². The number of carboxylic acids is 1. The van der Waals surface area contributed by atoms with Crippen LogP contribution in [0, 0.1) is 0 Å². The van der Waals surface area contributed by atoms with Gasteiger partial charge in [-0.2, -0.15) is 0 Å². The van der Waals surface area contributed by atoms with Crippen molar-refractivity contribution in [2.24, 2.45) is 0 Å². The zero-order valence-electron chi connectivity index (χ0n) is 7.60. The molecule has 1 aromatic heterocycles. The average Bonchev–Trinajstić information content (AvgIpc) is 2.49. The second-order valence-corrected chi connectivity index (χ2v) is 4.22. The molecule has 0 unspecified atom stereocenters. The lowest BCUT2D eigenvalue weighted by Crippen LogP contribution is -2.34. The number of aliphatic carboxylic acids is 1. The summed E-state index contributed by atoms with van der Waals surface area (Å²) in [5.41, 5.74) is 1.30. The van der Waals surface area contributed by atoms with E-state index in [-0.39, 0.29) is 19.0 Å². The molecule has 0 saturated heterocycles. The molecule has 0 bridgehead atoms. The summed E-state index contributed by atoms with van der Waals surface area (Å²) in [5, 5.41) is 10.7. The van der Waals surface area contributed by atoms with Gasteiger partial charge in [-0.05, 0) is 23.4 Å². The summed E-state index contributed by atoms with van der Waals surface area (Å²) in [6.07, 6.45) is 1.00. The Hall–Kier alpha value is -0.580. The lowest BCUT2D eigenvalue weighted by atomic mass is 10.1. The van der Waals surface area contributed by atoms with Crippen molar-refractivity contribution in [1.29, 1.82) is 0 Å². The van der Waals surface area contributed by atoms with Gasteiger partial charge in [0.25, 0.3) is 0 Å². The number of thiophene rings is 1. The molecular weight excluding hydrogens is 222 g/mol. The number of rotatable bonds is 2. The van der Waals surface area contributed by atoms with Crippen LogP contribution < -0.4 is 0 Å². The normalized spacial score (nSPS) is 15.7. The summed E-state index contributed by atoms with van der Waals surface area (Å²) in [5.74, 6) is -0.737. The molecule has 2 heterocycles. The summed E-state index contributed by atoms with van der Waals surface area (Å²) in [4.78, 5) is 13.9. The molecule has 0 saturated carbocycles. The fraction of sp³-hybridized carbons (Fsp3) is 0.444. The SMILES string of the molecule is Cl.O=C(O)CN1CCc2sccc2C1. The van der Waals surface area contributed by atoms with E-state index in [0.717, 1.165) is 19.5 Å². The van der Waals surface area contributed by atoms with Gasteiger partial charge in [0, 0.05) is 18.0 Å². The Morgan fingerprint density at radius 1 is 1.64 bits per heavy atom. The van der Waals surface area contributed by atoms with E-state index in [1.165, 1.54) is 10.4 Å². The molecule has 5 heteroatoms. The highest BCUT2D eigenvalue weighted by Crippen LogP contribution is 2.23. The van der Waals surface area contributed by atoms with Crippen LogP contribution in [0.3, 0.4) is 0 Å². The number of nitrogens with zero attached hydrogens (tertiary/aromatic N) is 1. The van der Waals surface area contributed by atoms with E-state index in [1.807, 2.05) is 4.90 Å². The van der Waals surface area contributed by atoms with Crippen LogP contribution in [0.25, 0.3) is 0 Å². The monoisotopic (exact) mass is 233 g/mol. The number of hydrogen-bond acceptors (Lipinski definition) is 3. The predicted molar refractivity (Wildman–Crippen MR) is 58.2 cm³/mol. The van der Waals surface area contributed by atoms with E-state index >= 15 is 0 Å². The van der Waals surface area contributed by atoms with Crippen molar-refractivity contribution < 1.29 is 9.90 Å². The zero-order chi connectivity index (χ0) is 9.26. The summed E-state index contributed by atoms with van der Waals surface area (Å²) in [6, 6.07) is 2.09. The van der Waals surface area contributed by atoms with Gasteiger partial charge in [-0.3, -0.25) is 9.69 Å². The molecule has 0 atom stereocenters. The van der Waals surface area contributed by atoms with E-state index < -0.39 is 5.97 Å². The minimum atomic E-state index is -0.737. The van der Waals surface area contributed by atoms with E-state index in [1.54, 1.807) is 11.3 Å². The number of carbonyl (C=O) groups is 1. The van der Waals surface area contributed by atoms with Gasteiger partial charge in [0.2, 0.25) is 0 Å². The lowest BCUT2D eigenvalue weighted by molar-refractivity contribution is -0.138. The summed E-state index contributed by atoms with van der Waals surface area (Å²) in [7, 11) is 0. The smallest absolute Gasteiger partial charge is 0.317 e. The van der Waals surface area contributed by atoms with Crippen LogP contribution in [-0.4, -0.2) is 29.1 Å². The van der Waals surface area contributed by atoms with Gasteiger partial charge in [0.05, 0.1) is 6.54 Å². The Morgan fingerprint density at radius 3 is 3.14 bits per heavy atom. The third-order valence-corrected chi connectivity index (χ3v) is 3.27. The van der Waals surface area contributed by atoms with Crippen molar-refractivity contribution in [3.8, 4) is 0 Å². The molecule has 78 valence electrons. The molecule has 0 radical (unpaired) electrons. The fourth-order valence-electron chi connectivity index (χ4n) is 1.63. The Bertz CT molecular complexity index is 326. The number of hydrogen-bond donors (Lipinski definition) is 1. The molecule has 2 rings (SSSR count). The Kier molecular flexibility index (Phi) is 3.92. The highest BCUT2D eigenvalue weighted by atomic mass is 35.5. The molecule has 1 aliphatic heterocycles. The highest BCUT2D eigenvalue weighted by Gasteiger charge is 2.18. The van der Waals surface area contributed by atoms with Crippen LogP contribution in [0.1, 0.15) is 10.4 Å². The van der Waals surface area contributed by atoms with Gasteiger partial charge in [0.1, 0.15) is 0 Å². The van der Waals surface area contributed by atoms with E-state index in [0.29, 0.717) is 0 Å². The second kappa shape index (κ2) is 4.77. The van der Waals surface area contributed by atoms with Gasteiger partial charge in [-0.1, -0.05) is 0 Å². The number of halogens is 1. The molecule has 1 aromatic rings. The summed E-state index contributed by atoms with van der Waals surface area (Å²) in [6.45, 7) is 1.83. The first-order valence-electron chi connectivity index (χ1n) is 4.25. The maximum Gasteiger partial charge on any atom is 0.317 e. The highest BCUT2D eigenvalue weighted by molar-refractivity contribution is 7.10. The van der Waals surface area contributed by atoms with Crippen molar-refractivity contribution >= 4 is 29.7 Å². The summed E-state index contributed by atoms with van der Waals surface area (Å²) < 4.78 is 0. The first-order chi connectivity index (χ1) is 6.25. The quantitative estimate of drug-likeness (QED) is 0.844. The molecule has 1 aliphatic rings. The van der Waals surface area contributed by atoms with Crippen LogP contribution in [-0.2, 0) is 17.8 Å². The number of fused-ring (bicyclic) bond motifs is 1. The largest absolute Gasteiger partial charge is 0.480 e. The van der Waals surface area contributed by atoms with Crippen LogP contribution in [0.5, 0.6) is 0 Å². The standard InChI is InChI=1S/C9H11NO2S.ClH/c11-9(12)6-10-3-1-8-7(5-10)2-4-13-8;/h2,4H,1,3,5-6H2,(H,11,12);1H. The molecule has 0 aromatic carbocycles. The second-order valence-electron chi connectivity index (χ2n) is 3.22. The zero-order valence-corrected chi connectivity index (χ0v) is 9.24. The average molecular weight is 234 g/mol. The lowest BCUT2D eigenvalue weighted by Gasteiger charge is -2.24. The van der Waals surface area contributed by atoms with Gasteiger partial charge < -0.3 is 5.11 Å². The Morgan fingerprint density at radius 2 is 2.43 bits per heavy atom. The fourth-order valence-corrected chi connectivity index (χ4v) is 2.52. The van der Waals surface area contributed by atoms with Crippen molar-refractivity contribution in [3.05, 3.63) is 21.9 Å². The molecule has 0 amide bonds. The van der Waals surface area contributed by atoms with Gasteiger partial charge >= 0.3 is 5.97 Å². The summed E-state index contributed by atoms with van der Waals surface area (Å²) >= 11 is 1.77.